The van der Waals surface area contributed by atoms with Gasteiger partial charge < -0.3 is 15.8 Å². The number of anilines is 1. The molecular weight excluding hydrogens is 274 g/mol. The molecule has 2 unspecified atom stereocenters. The number of imide groups is 1. The summed E-state index contributed by atoms with van der Waals surface area (Å²) in [5.41, 5.74) is 6.90. The number of fused-ring (bicyclic) bond motifs is 1. The lowest BCUT2D eigenvalue weighted by molar-refractivity contribution is -0.120. The van der Waals surface area contributed by atoms with Gasteiger partial charge in [0.05, 0.1) is 30.3 Å². The first-order valence-corrected chi connectivity index (χ1v) is 6.59. The SMILES string of the molecule is CN1C(=O)c2ccc(NC(=O)C3COCC3N)cc2C1=O. The van der Waals surface area contributed by atoms with E-state index in [9.17, 15) is 14.4 Å². The smallest absolute Gasteiger partial charge is 0.261 e. The Hall–Kier alpha value is -2.25. The van der Waals surface area contributed by atoms with Crippen LogP contribution in [0.2, 0.25) is 0 Å². The number of rotatable bonds is 2. The van der Waals surface area contributed by atoms with E-state index in [-0.39, 0.29) is 30.4 Å². The zero-order valence-electron chi connectivity index (χ0n) is 11.5. The number of carbonyl (C=O) groups excluding carboxylic acids is 3. The monoisotopic (exact) mass is 289 g/mol. The number of carbonyl (C=O) groups is 3. The Morgan fingerprint density at radius 2 is 2.00 bits per heavy atom. The minimum atomic E-state index is -0.404. The van der Waals surface area contributed by atoms with E-state index in [2.05, 4.69) is 5.32 Å². The largest absolute Gasteiger partial charge is 0.379 e. The highest BCUT2D eigenvalue weighted by molar-refractivity contribution is 6.21. The quantitative estimate of drug-likeness (QED) is 0.736. The van der Waals surface area contributed by atoms with Gasteiger partial charge in [0, 0.05) is 18.8 Å². The zero-order valence-corrected chi connectivity index (χ0v) is 11.5. The van der Waals surface area contributed by atoms with Gasteiger partial charge in [-0.2, -0.15) is 0 Å². The first kappa shape index (κ1) is 13.7. The molecule has 3 amide bonds. The first-order valence-electron chi connectivity index (χ1n) is 6.59. The summed E-state index contributed by atoms with van der Waals surface area (Å²) in [4.78, 5) is 36.8. The number of hydrogen-bond donors (Lipinski definition) is 2. The number of nitrogens with two attached hydrogens (primary N) is 1. The van der Waals surface area contributed by atoms with Crippen LogP contribution in [0.25, 0.3) is 0 Å². The summed E-state index contributed by atoms with van der Waals surface area (Å²) >= 11 is 0. The summed E-state index contributed by atoms with van der Waals surface area (Å²) in [7, 11) is 1.43. The Bertz CT molecular complexity index is 643. The molecule has 0 bridgehead atoms. The van der Waals surface area contributed by atoms with Crippen molar-refractivity contribution in [3.63, 3.8) is 0 Å². The maximum absolute atomic E-state index is 12.1. The van der Waals surface area contributed by atoms with Crippen molar-refractivity contribution in [3.8, 4) is 0 Å². The lowest BCUT2D eigenvalue weighted by atomic mass is 10.0. The van der Waals surface area contributed by atoms with Gasteiger partial charge in [-0.15, -0.1) is 0 Å². The van der Waals surface area contributed by atoms with E-state index in [4.69, 9.17) is 10.5 Å². The number of nitrogens with zero attached hydrogens (tertiary/aromatic N) is 1. The van der Waals surface area contributed by atoms with Crippen LogP contribution in [0, 0.1) is 5.92 Å². The van der Waals surface area contributed by atoms with Crippen molar-refractivity contribution in [2.75, 3.05) is 25.6 Å². The molecule has 110 valence electrons. The van der Waals surface area contributed by atoms with Crippen molar-refractivity contribution in [1.29, 1.82) is 0 Å². The lowest BCUT2D eigenvalue weighted by Gasteiger charge is -2.13. The summed E-state index contributed by atoms with van der Waals surface area (Å²) < 4.78 is 5.16. The fourth-order valence-electron chi connectivity index (χ4n) is 2.51. The van der Waals surface area contributed by atoms with Crippen LogP contribution in [0.15, 0.2) is 18.2 Å². The zero-order chi connectivity index (χ0) is 15.1. The fourth-order valence-corrected chi connectivity index (χ4v) is 2.51. The molecule has 0 radical (unpaired) electrons. The molecule has 2 aliphatic heterocycles. The van der Waals surface area contributed by atoms with Crippen molar-refractivity contribution in [3.05, 3.63) is 29.3 Å². The van der Waals surface area contributed by atoms with Gasteiger partial charge in [-0.25, -0.2) is 0 Å². The standard InChI is InChI=1S/C14H15N3O4/c1-17-13(19)8-3-2-7(4-9(8)14(17)20)16-12(18)10-5-21-6-11(10)15/h2-4,10-11H,5-6,15H2,1H3,(H,16,18). The van der Waals surface area contributed by atoms with E-state index >= 15 is 0 Å². The highest BCUT2D eigenvalue weighted by Crippen LogP contribution is 2.25. The average Bonchev–Trinajstić information content (AvgIpc) is 2.98. The summed E-state index contributed by atoms with van der Waals surface area (Å²) in [5, 5.41) is 2.71. The van der Waals surface area contributed by atoms with E-state index < -0.39 is 5.92 Å². The van der Waals surface area contributed by atoms with Gasteiger partial charge in [-0.1, -0.05) is 0 Å². The van der Waals surface area contributed by atoms with E-state index in [1.807, 2.05) is 0 Å². The Labute approximate surface area is 121 Å². The van der Waals surface area contributed by atoms with Crippen LogP contribution in [0.1, 0.15) is 20.7 Å². The third-order valence-electron chi connectivity index (χ3n) is 3.82. The molecule has 3 rings (SSSR count). The van der Waals surface area contributed by atoms with Crippen LogP contribution in [0.3, 0.4) is 0 Å². The van der Waals surface area contributed by atoms with Gasteiger partial charge in [0.1, 0.15) is 0 Å². The van der Waals surface area contributed by atoms with Crippen LogP contribution >= 0.6 is 0 Å². The molecular formula is C14H15N3O4. The van der Waals surface area contributed by atoms with Gasteiger partial charge >= 0.3 is 0 Å². The Balaban J connectivity index is 1.81. The average molecular weight is 289 g/mol. The molecule has 1 fully saturated rings. The van der Waals surface area contributed by atoms with Gasteiger partial charge in [-0.3, -0.25) is 19.3 Å². The molecule has 0 aliphatic carbocycles. The molecule has 3 N–H and O–H groups in total. The Morgan fingerprint density at radius 1 is 1.29 bits per heavy atom. The third kappa shape index (κ3) is 2.20. The van der Waals surface area contributed by atoms with Crippen molar-refractivity contribution < 1.29 is 19.1 Å². The maximum Gasteiger partial charge on any atom is 0.261 e. The minimum absolute atomic E-state index is 0.245. The second-order valence-electron chi connectivity index (χ2n) is 5.23. The molecule has 1 aromatic carbocycles. The first-order chi connectivity index (χ1) is 9.99. The number of hydrogen-bond acceptors (Lipinski definition) is 5. The Kier molecular flexibility index (Phi) is 3.23. The molecule has 1 aromatic rings. The van der Waals surface area contributed by atoms with E-state index in [0.717, 1.165) is 4.90 Å². The number of amides is 3. The lowest BCUT2D eigenvalue weighted by Crippen LogP contribution is -2.37. The predicted molar refractivity (Wildman–Crippen MR) is 73.8 cm³/mol. The highest BCUT2D eigenvalue weighted by Gasteiger charge is 2.34. The van der Waals surface area contributed by atoms with Crippen molar-refractivity contribution in [1.82, 2.24) is 4.90 Å². The molecule has 7 nitrogen and oxygen atoms in total. The van der Waals surface area contributed by atoms with E-state index in [0.29, 0.717) is 23.4 Å². The van der Waals surface area contributed by atoms with Crippen LogP contribution < -0.4 is 11.1 Å². The maximum atomic E-state index is 12.1. The van der Waals surface area contributed by atoms with Crippen molar-refractivity contribution in [2.24, 2.45) is 11.7 Å². The molecule has 21 heavy (non-hydrogen) atoms. The topological polar surface area (TPSA) is 102 Å². The normalized spacial score (nSPS) is 24.4. The van der Waals surface area contributed by atoms with Crippen molar-refractivity contribution in [2.45, 2.75) is 6.04 Å². The van der Waals surface area contributed by atoms with Crippen molar-refractivity contribution >= 4 is 23.4 Å². The molecule has 2 atom stereocenters. The van der Waals surface area contributed by atoms with Crippen LogP contribution in [-0.4, -0.2) is 48.9 Å². The molecule has 2 heterocycles. The highest BCUT2D eigenvalue weighted by atomic mass is 16.5. The molecule has 0 saturated carbocycles. The second-order valence-corrected chi connectivity index (χ2v) is 5.23. The van der Waals surface area contributed by atoms with Gasteiger partial charge in [0.15, 0.2) is 0 Å². The molecule has 0 aromatic heterocycles. The molecule has 0 spiro atoms. The summed E-state index contributed by atoms with van der Waals surface area (Å²) in [6.07, 6.45) is 0. The van der Waals surface area contributed by atoms with Gasteiger partial charge in [0.25, 0.3) is 11.8 Å². The van der Waals surface area contributed by atoms with Crippen LogP contribution in [0.5, 0.6) is 0 Å². The number of ether oxygens (including phenoxy) is 1. The van der Waals surface area contributed by atoms with Gasteiger partial charge in [-0.05, 0) is 18.2 Å². The van der Waals surface area contributed by atoms with Gasteiger partial charge in [0.2, 0.25) is 5.91 Å². The fraction of sp³-hybridized carbons (Fsp3) is 0.357. The molecule has 2 aliphatic rings. The number of benzene rings is 1. The minimum Gasteiger partial charge on any atom is -0.379 e. The van der Waals surface area contributed by atoms with Crippen LogP contribution in [-0.2, 0) is 9.53 Å². The predicted octanol–water partition coefficient (Wildman–Crippen LogP) is -0.175. The van der Waals surface area contributed by atoms with Crippen LogP contribution in [0.4, 0.5) is 5.69 Å². The van der Waals surface area contributed by atoms with E-state index in [1.54, 1.807) is 12.1 Å². The number of nitrogens with one attached hydrogen (secondary N) is 1. The van der Waals surface area contributed by atoms with E-state index in [1.165, 1.54) is 13.1 Å². The Morgan fingerprint density at radius 3 is 2.67 bits per heavy atom. The molecule has 7 heteroatoms. The summed E-state index contributed by atoms with van der Waals surface area (Å²) in [6.45, 7) is 0.651. The second kappa shape index (κ2) is 4.94. The summed E-state index contributed by atoms with van der Waals surface area (Å²) in [5.74, 6) is -1.35. The summed E-state index contributed by atoms with van der Waals surface area (Å²) in [6, 6.07) is 4.33. The molecule has 1 saturated heterocycles. The third-order valence-corrected chi connectivity index (χ3v) is 3.82.